The highest BCUT2D eigenvalue weighted by Gasteiger charge is 2.07. The van der Waals surface area contributed by atoms with E-state index in [1.54, 1.807) is 0 Å². The van der Waals surface area contributed by atoms with Crippen LogP contribution in [0, 0.1) is 0 Å². The highest BCUT2D eigenvalue weighted by atomic mass is 79.9. The van der Waals surface area contributed by atoms with Crippen LogP contribution < -0.4 is 5.32 Å². The summed E-state index contributed by atoms with van der Waals surface area (Å²) in [5, 5.41) is 3.65. The maximum Gasteiger partial charge on any atom is 0.0317 e. The van der Waals surface area contributed by atoms with Crippen molar-refractivity contribution in [3.8, 4) is 0 Å². The minimum Gasteiger partial charge on any atom is -0.310 e. The monoisotopic (exact) mass is 297 g/mol. The van der Waals surface area contributed by atoms with Gasteiger partial charge < -0.3 is 5.32 Å². The molecule has 17 heavy (non-hydrogen) atoms. The van der Waals surface area contributed by atoms with Gasteiger partial charge >= 0.3 is 0 Å². The van der Waals surface area contributed by atoms with Gasteiger partial charge in [-0.15, -0.1) is 0 Å². The molecule has 0 fully saturated rings. The lowest BCUT2D eigenvalue weighted by molar-refractivity contribution is 0.497. The van der Waals surface area contributed by atoms with Crippen LogP contribution in [0.4, 0.5) is 0 Å². The van der Waals surface area contributed by atoms with E-state index >= 15 is 0 Å². The number of rotatable bonds is 8. The topological polar surface area (TPSA) is 12.0 Å². The molecule has 1 nitrogen and oxygen atoms in total. The lowest BCUT2D eigenvalue weighted by Crippen LogP contribution is -2.21. The first-order chi connectivity index (χ1) is 8.27. The average Bonchev–Trinajstić information content (AvgIpc) is 2.35. The zero-order valence-electron chi connectivity index (χ0n) is 11.0. The van der Waals surface area contributed by atoms with Crippen LogP contribution in [0.3, 0.4) is 0 Å². The number of hydrogen-bond donors (Lipinski definition) is 1. The molecule has 1 atom stereocenters. The molecule has 0 aromatic heterocycles. The van der Waals surface area contributed by atoms with Gasteiger partial charge in [-0.25, -0.2) is 0 Å². The van der Waals surface area contributed by atoms with E-state index in [0.29, 0.717) is 6.04 Å². The predicted octanol–water partition coefficient (Wildman–Crippen LogP) is 5.07. The van der Waals surface area contributed by atoms with E-state index < -0.39 is 0 Å². The molecule has 2 heteroatoms. The molecule has 1 unspecified atom stereocenters. The third-order valence-corrected chi connectivity index (χ3v) is 3.63. The molecule has 0 aliphatic heterocycles. The van der Waals surface area contributed by atoms with Crippen molar-refractivity contribution >= 4 is 15.9 Å². The van der Waals surface area contributed by atoms with Crippen LogP contribution in [0.25, 0.3) is 0 Å². The van der Waals surface area contributed by atoms with Gasteiger partial charge in [-0.1, -0.05) is 61.2 Å². The Kier molecular flexibility index (Phi) is 7.54. The van der Waals surface area contributed by atoms with Crippen molar-refractivity contribution in [2.75, 3.05) is 6.54 Å². The molecule has 0 saturated carbocycles. The predicted molar refractivity (Wildman–Crippen MR) is 79.3 cm³/mol. The summed E-state index contributed by atoms with van der Waals surface area (Å²) in [7, 11) is 0. The first-order valence-corrected chi connectivity index (χ1v) is 7.56. The SMILES string of the molecule is CCCCCCNC(CC)c1ccc(Br)cc1. The Balaban J connectivity index is 2.35. The molecule has 0 bridgehead atoms. The Hall–Kier alpha value is -0.340. The summed E-state index contributed by atoms with van der Waals surface area (Å²) in [6.07, 6.45) is 6.46. The summed E-state index contributed by atoms with van der Waals surface area (Å²) in [5.41, 5.74) is 1.39. The van der Waals surface area contributed by atoms with Crippen LogP contribution in [0.2, 0.25) is 0 Å². The van der Waals surface area contributed by atoms with Crippen molar-refractivity contribution in [3.63, 3.8) is 0 Å². The Morgan fingerprint density at radius 3 is 2.35 bits per heavy atom. The molecule has 1 aromatic rings. The fraction of sp³-hybridized carbons (Fsp3) is 0.600. The van der Waals surface area contributed by atoms with Crippen LogP contribution >= 0.6 is 15.9 Å². The molecule has 1 rings (SSSR count). The highest BCUT2D eigenvalue weighted by Crippen LogP contribution is 2.19. The lowest BCUT2D eigenvalue weighted by atomic mass is 10.0. The summed E-state index contributed by atoms with van der Waals surface area (Å²) < 4.78 is 1.15. The van der Waals surface area contributed by atoms with E-state index in [4.69, 9.17) is 0 Å². The number of nitrogens with one attached hydrogen (secondary N) is 1. The quantitative estimate of drug-likeness (QED) is 0.661. The van der Waals surface area contributed by atoms with Crippen LogP contribution in [0.5, 0.6) is 0 Å². The molecule has 0 saturated heterocycles. The lowest BCUT2D eigenvalue weighted by Gasteiger charge is -2.17. The summed E-state index contributed by atoms with van der Waals surface area (Å²) >= 11 is 3.48. The highest BCUT2D eigenvalue weighted by molar-refractivity contribution is 9.10. The fourth-order valence-electron chi connectivity index (χ4n) is 2.02. The van der Waals surface area contributed by atoms with Crippen LogP contribution in [-0.4, -0.2) is 6.54 Å². The zero-order chi connectivity index (χ0) is 12.5. The third kappa shape index (κ3) is 5.69. The maximum absolute atomic E-state index is 3.65. The molecule has 0 heterocycles. The first-order valence-electron chi connectivity index (χ1n) is 6.76. The molecule has 1 aromatic carbocycles. The average molecular weight is 298 g/mol. The van der Waals surface area contributed by atoms with Gasteiger partial charge in [-0.05, 0) is 37.1 Å². The van der Waals surface area contributed by atoms with Crippen LogP contribution in [0.15, 0.2) is 28.7 Å². The molecule has 0 spiro atoms. The smallest absolute Gasteiger partial charge is 0.0317 e. The minimum absolute atomic E-state index is 0.504. The normalized spacial score (nSPS) is 12.6. The molecular formula is C15H24BrN. The summed E-state index contributed by atoms with van der Waals surface area (Å²) in [5.74, 6) is 0. The van der Waals surface area contributed by atoms with Crippen molar-refractivity contribution in [1.29, 1.82) is 0 Å². The Labute approximate surface area is 114 Å². The van der Waals surface area contributed by atoms with Gasteiger partial charge in [0.05, 0.1) is 0 Å². The Morgan fingerprint density at radius 1 is 1.06 bits per heavy atom. The maximum atomic E-state index is 3.65. The summed E-state index contributed by atoms with van der Waals surface area (Å²) in [4.78, 5) is 0. The van der Waals surface area contributed by atoms with E-state index in [0.717, 1.165) is 17.4 Å². The Morgan fingerprint density at radius 2 is 1.76 bits per heavy atom. The van der Waals surface area contributed by atoms with E-state index in [2.05, 4.69) is 59.4 Å². The van der Waals surface area contributed by atoms with Crippen LogP contribution in [0.1, 0.15) is 57.6 Å². The Bertz CT molecular complexity index is 294. The fourth-order valence-corrected chi connectivity index (χ4v) is 2.29. The minimum atomic E-state index is 0.504. The van der Waals surface area contributed by atoms with Gasteiger partial charge in [0.15, 0.2) is 0 Å². The second-order valence-corrected chi connectivity index (χ2v) is 5.44. The van der Waals surface area contributed by atoms with E-state index in [-0.39, 0.29) is 0 Å². The summed E-state index contributed by atoms with van der Waals surface area (Å²) in [6, 6.07) is 9.16. The van der Waals surface area contributed by atoms with Crippen molar-refractivity contribution < 1.29 is 0 Å². The molecule has 0 aliphatic carbocycles. The molecular weight excluding hydrogens is 274 g/mol. The van der Waals surface area contributed by atoms with Gasteiger partial charge in [0, 0.05) is 10.5 Å². The number of halogens is 1. The van der Waals surface area contributed by atoms with E-state index in [1.165, 1.54) is 31.2 Å². The second kappa shape index (κ2) is 8.71. The molecule has 0 aliphatic rings. The van der Waals surface area contributed by atoms with E-state index in [1.807, 2.05) is 0 Å². The third-order valence-electron chi connectivity index (χ3n) is 3.10. The van der Waals surface area contributed by atoms with E-state index in [9.17, 15) is 0 Å². The molecule has 96 valence electrons. The summed E-state index contributed by atoms with van der Waals surface area (Å²) in [6.45, 7) is 5.63. The van der Waals surface area contributed by atoms with Gasteiger partial charge in [-0.2, -0.15) is 0 Å². The van der Waals surface area contributed by atoms with Gasteiger partial charge in [0.2, 0.25) is 0 Å². The largest absolute Gasteiger partial charge is 0.310 e. The van der Waals surface area contributed by atoms with Crippen molar-refractivity contribution in [2.24, 2.45) is 0 Å². The van der Waals surface area contributed by atoms with Gasteiger partial charge in [0.1, 0.15) is 0 Å². The number of unbranched alkanes of at least 4 members (excludes halogenated alkanes) is 3. The van der Waals surface area contributed by atoms with Crippen molar-refractivity contribution in [2.45, 2.75) is 52.0 Å². The van der Waals surface area contributed by atoms with Gasteiger partial charge in [-0.3, -0.25) is 0 Å². The van der Waals surface area contributed by atoms with Gasteiger partial charge in [0.25, 0.3) is 0 Å². The zero-order valence-corrected chi connectivity index (χ0v) is 12.6. The molecule has 1 N–H and O–H groups in total. The second-order valence-electron chi connectivity index (χ2n) is 4.53. The standard InChI is InChI=1S/C15H24BrN/c1-3-5-6-7-12-17-15(4-2)13-8-10-14(16)11-9-13/h8-11,15,17H,3-7,12H2,1-2H3. The number of hydrogen-bond acceptors (Lipinski definition) is 1. The van der Waals surface area contributed by atoms with Crippen molar-refractivity contribution in [1.82, 2.24) is 5.32 Å². The molecule has 0 radical (unpaired) electrons. The molecule has 0 amide bonds. The van der Waals surface area contributed by atoms with Crippen LogP contribution in [-0.2, 0) is 0 Å². The number of benzene rings is 1. The van der Waals surface area contributed by atoms with Crippen molar-refractivity contribution in [3.05, 3.63) is 34.3 Å². The first kappa shape index (κ1) is 14.7.